The van der Waals surface area contributed by atoms with Gasteiger partial charge in [-0.1, -0.05) is 17.3 Å². The molecule has 0 saturated carbocycles. The van der Waals surface area contributed by atoms with Crippen LogP contribution < -0.4 is 20.1 Å². The molecule has 0 radical (unpaired) electrons. The Labute approximate surface area is 217 Å². The smallest absolute Gasteiger partial charge is 0.323 e. The Morgan fingerprint density at radius 2 is 1.63 bits per heavy atom. The van der Waals surface area contributed by atoms with Gasteiger partial charge >= 0.3 is 6.03 Å². The molecule has 0 spiro atoms. The van der Waals surface area contributed by atoms with E-state index in [9.17, 15) is 9.18 Å². The van der Waals surface area contributed by atoms with Crippen molar-refractivity contribution in [2.24, 2.45) is 0 Å². The van der Waals surface area contributed by atoms with E-state index in [0.29, 0.717) is 46.8 Å². The monoisotopic (exact) mass is 514 g/mol. The number of nitrogens with zero attached hydrogens (tertiary/aromatic N) is 4. The van der Waals surface area contributed by atoms with Crippen LogP contribution in [0.1, 0.15) is 5.56 Å². The van der Waals surface area contributed by atoms with Crippen molar-refractivity contribution in [1.29, 1.82) is 0 Å². The fourth-order valence-corrected chi connectivity index (χ4v) is 3.71. The van der Waals surface area contributed by atoms with Crippen molar-refractivity contribution < 1.29 is 23.2 Å². The van der Waals surface area contributed by atoms with Crippen LogP contribution in [0.5, 0.6) is 11.5 Å². The molecule has 11 heteroatoms. The molecule has 0 saturated heterocycles. The maximum Gasteiger partial charge on any atom is 0.323 e. The lowest BCUT2D eigenvalue weighted by Crippen LogP contribution is -2.19. The van der Waals surface area contributed by atoms with Crippen molar-refractivity contribution in [2.45, 2.75) is 6.54 Å². The van der Waals surface area contributed by atoms with E-state index in [1.807, 2.05) is 29.0 Å². The molecule has 0 atom stereocenters. The van der Waals surface area contributed by atoms with Gasteiger partial charge in [0, 0.05) is 29.7 Å². The highest BCUT2D eigenvalue weighted by Gasteiger charge is 2.15. The number of imidazole rings is 1. The Balaban J connectivity index is 1.20. The predicted molar refractivity (Wildman–Crippen MR) is 139 cm³/mol. The summed E-state index contributed by atoms with van der Waals surface area (Å²) in [7, 11) is 3.13. The van der Waals surface area contributed by atoms with Crippen LogP contribution in [0.4, 0.5) is 20.6 Å². The topological polar surface area (TPSA) is 116 Å². The molecule has 0 fully saturated rings. The molecule has 192 valence electrons. The van der Waals surface area contributed by atoms with Crippen LogP contribution in [0.2, 0.25) is 0 Å². The van der Waals surface area contributed by atoms with Gasteiger partial charge in [-0.15, -0.1) is 0 Å². The molecule has 3 aromatic carbocycles. The lowest BCUT2D eigenvalue weighted by Gasteiger charge is -2.09. The molecular weight excluding hydrogens is 491 g/mol. The van der Waals surface area contributed by atoms with E-state index in [4.69, 9.17) is 14.0 Å². The Morgan fingerprint density at radius 3 is 2.32 bits per heavy atom. The van der Waals surface area contributed by atoms with Crippen LogP contribution in [-0.2, 0) is 6.54 Å². The summed E-state index contributed by atoms with van der Waals surface area (Å²) in [6.07, 6.45) is 3.49. The number of anilines is 2. The second-order valence-electron chi connectivity index (χ2n) is 8.21. The van der Waals surface area contributed by atoms with E-state index in [-0.39, 0.29) is 5.82 Å². The molecule has 2 amide bonds. The number of nitrogens with one attached hydrogen (secondary N) is 2. The minimum atomic E-state index is -0.421. The highest BCUT2D eigenvalue weighted by molar-refractivity contribution is 5.99. The lowest BCUT2D eigenvalue weighted by molar-refractivity contribution is 0.262. The van der Waals surface area contributed by atoms with E-state index in [2.05, 4.69) is 25.8 Å². The summed E-state index contributed by atoms with van der Waals surface area (Å²) >= 11 is 0. The van der Waals surface area contributed by atoms with Gasteiger partial charge in [-0.3, -0.25) is 0 Å². The quantitative estimate of drug-likeness (QED) is 0.283. The summed E-state index contributed by atoms with van der Waals surface area (Å²) < 4.78 is 30.9. The summed E-state index contributed by atoms with van der Waals surface area (Å²) in [6, 6.07) is 17.9. The highest BCUT2D eigenvalue weighted by Crippen LogP contribution is 2.31. The number of amides is 2. The number of carbonyl (C=O) groups is 1. The molecule has 38 heavy (non-hydrogen) atoms. The third-order valence-corrected chi connectivity index (χ3v) is 5.60. The van der Waals surface area contributed by atoms with Gasteiger partial charge in [-0.05, 0) is 60.2 Å². The fraction of sp³-hybridized carbons (Fsp3) is 0.111. The zero-order valence-electron chi connectivity index (χ0n) is 20.5. The Bertz CT molecular complexity index is 1550. The summed E-state index contributed by atoms with van der Waals surface area (Å²) in [6.45, 7) is 0.547. The van der Waals surface area contributed by atoms with Crippen LogP contribution >= 0.6 is 0 Å². The number of urea groups is 1. The van der Waals surface area contributed by atoms with E-state index in [1.54, 1.807) is 44.8 Å². The molecule has 5 aromatic rings. The molecule has 0 unspecified atom stereocenters. The molecule has 0 bridgehead atoms. The number of benzene rings is 3. The van der Waals surface area contributed by atoms with Crippen LogP contribution in [0.25, 0.3) is 23.0 Å². The normalized spacial score (nSPS) is 10.7. The van der Waals surface area contributed by atoms with Crippen LogP contribution in [0.15, 0.2) is 83.8 Å². The van der Waals surface area contributed by atoms with E-state index in [0.717, 1.165) is 11.1 Å². The molecule has 5 rings (SSSR count). The van der Waals surface area contributed by atoms with Gasteiger partial charge in [-0.2, -0.15) is 4.98 Å². The van der Waals surface area contributed by atoms with Crippen molar-refractivity contribution >= 4 is 17.4 Å². The number of carbonyl (C=O) groups excluding carboxylic acids is 1. The van der Waals surface area contributed by atoms with Gasteiger partial charge in [0.1, 0.15) is 11.5 Å². The summed E-state index contributed by atoms with van der Waals surface area (Å²) in [4.78, 5) is 21.0. The largest absolute Gasteiger partial charge is 0.493 e. The maximum absolute atomic E-state index is 13.0. The highest BCUT2D eigenvalue weighted by atomic mass is 19.1. The number of hydrogen-bond acceptors (Lipinski definition) is 7. The Kier molecular flexibility index (Phi) is 6.98. The number of hydrogen-bond donors (Lipinski definition) is 2. The minimum absolute atomic E-state index is 0.292. The Morgan fingerprint density at radius 1 is 0.947 bits per heavy atom. The molecular formula is C27H23FN6O4. The van der Waals surface area contributed by atoms with Crippen molar-refractivity contribution in [3.8, 4) is 34.5 Å². The second kappa shape index (κ2) is 10.8. The fourth-order valence-electron chi connectivity index (χ4n) is 3.71. The Hall–Kier alpha value is -5.19. The number of rotatable bonds is 8. The minimum Gasteiger partial charge on any atom is -0.493 e. The average molecular weight is 515 g/mol. The van der Waals surface area contributed by atoms with E-state index >= 15 is 0 Å². The zero-order chi connectivity index (χ0) is 26.5. The number of aromatic nitrogens is 4. The van der Waals surface area contributed by atoms with Crippen LogP contribution in [0, 0.1) is 5.82 Å². The van der Waals surface area contributed by atoms with Crippen LogP contribution in [0.3, 0.4) is 0 Å². The molecule has 2 aromatic heterocycles. The first-order chi connectivity index (χ1) is 18.5. The predicted octanol–water partition coefficient (Wildman–Crippen LogP) is 5.45. The van der Waals surface area contributed by atoms with Crippen molar-refractivity contribution in [3.05, 3.63) is 90.6 Å². The van der Waals surface area contributed by atoms with Crippen molar-refractivity contribution in [1.82, 2.24) is 19.7 Å². The second-order valence-corrected chi connectivity index (χ2v) is 8.21. The average Bonchev–Trinajstić information content (AvgIpc) is 3.61. The third kappa shape index (κ3) is 5.62. The van der Waals surface area contributed by atoms with Crippen molar-refractivity contribution in [2.75, 3.05) is 24.9 Å². The summed E-state index contributed by atoms with van der Waals surface area (Å²) in [5.41, 5.74) is 3.37. The van der Waals surface area contributed by atoms with Gasteiger partial charge in [0.15, 0.2) is 11.5 Å². The maximum atomic E-state index is 13.0. The molecule has 10 nitrogen and oxygen atoms in total. The first-order valence-electron chi connectivity index (χ1n) is 11.5. The third-order valence-electron chi connectivity index (χ3n) is 5.60. The molecule has 0 aliphatic carbocycles. The van der Waals surface area contributed by atoms with Gasteiger partial charge in [-0.25, -0.2) is 14.2 Å². The summed E-state index contributed by atoms with van der Waals surface area (Å²) in [5, 5.41) is 9.46. The van der Waals surface area contributed by atoms with Gasteiger partial charge in [0.2, 0.25) is 5.82 Å². The summed E-state index contributed by atoms with van der Waals surface area (Å²) in [5.74, 6) is 1.50. The van der Waals surface area contributed by atoms with Gasteiger partial charge < -0.3 is 29.2 Å². The molecule has 0 aliphatic heterocycles. The first kappa shape index (κ1) is 24.5. The van der Waals surface area contributed by atoms with E-state index in [1.165, 1.54) is 24.3 Å². The first-order valence-corrected chi connectivity index (χ1v) is 11.5. The number of ether oxygens (including phenoxy) is 2. The molecule has 2 heterocycles. The van der Waals surface area contributed by atoms with Crippen molar-refractivity contribution in [3.63, 3.8) is 0 Å². The van der Waals surface area contributed by atoms with E-state index < -0.39 is 6.03 Å². The number of methoxy groups -OCH3 is 2. The zero-order valence-corrected chi connectivity index (χ0v) is 20.5. The standard InChI is InChI=1S/C27H23FN6O4/c1-36-23-12-5-18(13-24(23)37-2)25-32-26(38-33-25)22-15-34(16-29-22)14-17-3-8-20(9-4-17)30-27(35)31-21-10-6-19(28)7-11-21/h3-13,15-16H,14H2,1-2H3,(H2,30,31,35). The SMILES string of the molecule is COc1ccc(-c2noc(-c3cn(Cc4ccc(NC(=O)Nc5ccc(F)cc5)cc4)cn3)n2)cc1OC. The lowest BCUT2D eigenvalue weighted by atomic mass is 10.2. The van der Waals surface area contributed by atoms with Gasteiger partial charge in [0.05, 0.1) is 20.5 Å². The molecule has 0 aliphatic rings. The van der Waals surface area contributed by atoms with Crippen LogP contribution in [-0.4, -0.2) is 39.9 Å². The van der Waals surface area contributed by atoms with Gasteiger partial charge in [0.25, 0.3) is 5.89 Å². The number of halogens is 1. The molecule has 2 N–H and O–H groups in total.